The smallest absolute Gasteiger partial charge is 0.242 e. The molecule has 4 rings (SSSR count). The molecule has 2 heterocycles. The van der Waals surface area contributed by atoms with E-state index in [4.69, 9.17) is 4.74 Å². The van der Waals surface area contributed by atoms with Crippen molar-refractivity contribution in [2.75, 3.05) is 26.2 Å². The summed E-state index contributed by atoms with van der Waals surface area (Å²) in [4.78, 5) is 30.7. The number of fused-ring (bicyclic) bond motifs is 1. The number of hydrogen-bond donors (Lipinski definition) is 0. The van der Waals surface area contributed by atoms with Gasteiger partial charge in [-0.15, -0.1) is 17.9 Å². The van der Waals surface area contributed by atoms with E-state index in [1.807, 2.05) is 36.1 Å². The Morgan fingerprint density at radius 2 is 2.10 bits per heavy atom. The van der Waals surface area contributed by atoms with Crippen LogP contribution < -0.4 is 4.74 Å². The Morgan fingerprint density at radius 3 is 2.83 bits per heavy atom. The summed E-state index contributed by atoms with van der Waals surface area (Å²) in [6.07, 6.45) is 4.39. The molecular formula is C24H28N2O3S. The maximum Gasteiger partial charge on any atom is 0.242 e. The Labute approximate surface area is 181 Å². The number of rotatable bonds is 8. The SMILES string of the molecule is C=CCN(CC(=O)N1CCc2sccc2C1COc1ccccc1C)C(=O)C1CC1. The standard InChI is InChI=1S/C24H28N2O3S/c1-3-12-25(24(28)18-8-9-18)15-23(27)26-13-10-22-19(11-14-30-22)20(26)16-29-21-7-5-4-6-17(21)2/h3-7,11,14,18,20H,1,8-10,12-13,15-16H2,2H3. The van der Waals surface area contributed by atoms with E-state index in [-0.39, 0.29) is 30.3 Å². The first-order valence-corrected chi connectivity index (χ1v) is 11.4. The Hall–Kier alpha value is -2.60. The highest BCUT2D eigenvalue weighted by atomic mass is 32.1. The Kier molecular flexibility index (Phi) is 6.23. The van der Waals surface area contributed by atoms with E-state index in [9.17, 15) is 9.59 Å². The molecule has 158 valence electrons. The summed E-state index contributed by atoms with van der Waals surface area (Å²) in [6, 6.07) is 9.88. The van der Waals surface area contributed by atoms with Gasteiger partial charge in [0.05, 0.1) is 6.04 Å². The first-order chi connectivity index (χ1) is 14.6. The maximum absolute atomic E-state index is 13.3. The molecule has 30 heavy (non-hydrogen) atoms. The Morgan fingerprint density at radius 1 is 1.30 bits per heavy atom. The van der Waals surface area contributed by atoms with E-state index < -0.39 is 0 Å². The van der Waals surface area contributed by atoms with Gasteiger partial charge in [0.2, 0.25) is 11.8 Å². The predicted octanol–water partition coefficient (Wildman–Crippen LogP) is 3.99. The molecule has 0 spiro atoms. The molecule has 0 saturated heterocycles. The van der Waals surface area contributed by atoms with E-state index in [1.54, 1.807) is 22.3 Å². The van der Waals surface area contributed by atoms with Gasteiger partial charge in [0.1, 0.15) is 18.9 Å². The monoisotopic (exact) mass is 424 g/mol. The number of carbonyl (C=O) groups is 2. The van der Waals surface area contributed by atoms with Gasteiger partial charge < -0.3 is 14.5 Å². The van der Waals surface area contributed by atoms with Gasteiger partial charge in [0, 0.05) is 23.9 Å². The largest absolute Gasteiger partial charge is 0.491 e. The number of aryl methyl sites for hydroxylation is 1. The maximum atomic E-state index is 13.3. The molecule has 0 bridgehead atoms. The van der Waals surface area contributed by atoms with Crippen LogP contribution in [0.4, 0.5) is 0 Å². The summed E-state index contributed by atoms with van der Waals surface area (Å²) in [6.45, 7) is 7.33. The van der Waals surface area contributed by atoms with Gasteiger partial charge in [-0.1, -0.05) is 24.3 Å². The molecule has 1 fully saturated rings. The number of ether oxygens (including phenoxy) is 1. The van der Waals surface area contributed by atoms with Gasteiger partial charge in [0.15, 0.2) is 0 Å². The summed E-state index contributed by atoms with van der Waals surface area (Å²) >= 11 is 1.74. The number of nitrogens with zero attached hydrogens (tertiary/aromatic N) is 2. The molecule has 1 aliphatic carbocycles. The van der Waals surface area contributed by atoms with Gasteiger partial charge in [-0.25, -0.2) is 0 Å². The topological polar surface area (TPSA) is 49.9 Å². The molecule has 6 heteroatoms. The van der Waals surface area contributed by atoms with Crippen LogP contribution in [0, 0.1) is 12.8 Å². The third-order valence-corrected chi connectivity index (χ3v) is 6.82. The van der Waals surface area contributed by atoms with Crippen molar-refractivity contribution >= 4 is 23.2 Å². The lowest BCUT2D eigenvalue weighted by atomic mass is 10.00. The zero-order chi connectivity index (χ0) is 21.1. The second-order valence-corrected chi connectivity index (χ2v) is 9.01. The number of amides is 2. The summed E-state index contributed by atoms with van der Waals surface area (Å²) in [5.41, 5.74) is 2.24. The lowest BCUT2D eigenvalue weighted by Gasteiger charge is -2.37. The van der Waals surface area contributed by atoms with Crippen molar-refractivity contribution in [1.82, 2.24) is 9.80 Å². The zero-order valence-electron chi connectivity index (χ0n) is 17.4. The van der Waals surface area contributed by atoms with Gasteiger partial charge >= 0.3 is 0 Å². The van der Waals surface area contributed by atoms with Crippen LogP contribution in [-0.2, 0) is 16.0 Å². The molecule has 5 nitrogen and oxygen atoms in total. The molecule has 2 amide bonds. The number of para-hydroxylation sites is 1. The van der Waals surface area contributed by atoms with E-state index in [2.05, 4.69) is 18.0 Å². The lowest BCUT2D eigenvalue weighted by Crippen LogP contribution is -2.48. The molecule has 1 aromatic heterocycles. The summed E-state index contributed by atoms with van der Waals surface area (Å²) < 4.78 is 6.15. The van der Waals surface area contributed by atoms with Crippen molar-refractivity contribution in [3.05, 3.63) is 64.4 Å². The highest BCUT2D eigenvalue weighted by Crippen LogP contribution is 2.35. The first-order valence-electron chi connectivity index (χ1n) is 10.5. The van der Waals surface area contributed by atoms with Crippen LogP contribution in [0.15, 0.2) is 48.4 Å². The summed E-state index contributed by atoms with van der Waals surface area (Å²) in [5.74, 6) is 0.970. The number of benzene rings is 1. The van der Waals surface area contributed by atoms with E-state index >= 15 is 0 Å². The highest BCUT2D eigenvalue weighted by molar-refractivity contribution is 7.10. The molecule has 1 saturated carbocycles. The molecule has 1 aliphatic heterocycles. The van der Waals surface area contributed by atoms with Crippen LogP contribution in [0.25, 0.3) is 0 Å². The third kappa shape index (κ3) is 4.43. The fourth-order valence-corrected chi connectivity index (χ4v) is 4.92. The van der Waals surface area contributed by atoms with Gasteiger partial charge in [-0.05, 0) is 54.8 Å². The van der Waals surface area contributed by atoms with Crippen LogP contribution >= 0.6 is 11.3 Å². The second kappa shape index (κ2) is 9.04. The molecule has 2 aromatic rings. The van der Waals surface area contributed by atoms with E-state index in [0.717, 1.165) is 36.1 Å². The first kappa shape index (κ1) is 20.7. The fourth-order valence-electron chi connectivity index (χ4n) is 3.99. The Balaban J connectivity index is 1.51. The average molecular weight is 425 g/mol. The van der Waals surface area contributed by atoms with Gasteiger partial charge in [-0.2, -0.15) is 0 Å². The van der Waals surface area contributed by atoms with Crippen LogP contribution in [0.3, 0.4) is 0 Å². The fraction of sp³-hybridized carbons (Fsp3) is 0.417. The number of carbonyl (C=O) groups excluding carboxylic acids is 2. The molecular weight excluding hydrogens is 396 g/mol. The van der Waals surface area contributed by atoms with Crippen molar-refractivity contribution in [2.24, 2.45) is 5.92 Å². The quantitative estimate of drug-likeness (QED) is 0.602. The minimum absolute atomic E-state index is 0.0268. The second-order valence-electron chi connectivity index (χ2n) is 8.01. The average Bonchev–Trinajstić information content (AvgIpc) is 3.48. The van der Waals surface area contributed by atoms with Crippen molar-refractivity contribution in [1.29, 1.82) is 0 Å². The van der Waals surface area contributed by atoms with E-state index in [0.29, 0.717) is 19.7 Å². The van der Waals surface area contributed by atoms with Crippen molar-refractivity contribution in [2.45, 2.75) is 32.2 Å². The summed E-state index contributed by atoms with van der Waals surface area (Å²) in [5, 5.41) is 2.08. The number of thiophene rings is 1. The number of hydrogen-bond acceptors (Lipinski definition) is 4. The van der Waals surface area contributed by atoms with Crippen LogP contribution in [-0.4, -0.2) is 47.9 Å². The van der Waals surface area contributed by atoms with Crippen LogP contribution in [0.5, 0.6) is 5.75 Å². The molecule has 0 N–H and O–H groups in total. The lowest BCUT2D eigenvalue weighted by molar-refractivity contribution is -0.142. The van der Waals surface area contributed by atoms with E-state index in [1.165, 1.54) is 4.88 Å². The summed E-state index contributed by atoms with van der Waals surface area (Å²) in [7, 11) is 0. The highest BCUT2D eigenvalue weighted by Gasteiger charge is 2.36. The molecule has 2 aliphatic rings. The third-order valence-electron chi connectivity index (χ3n) is 5.82. The van der Waals surface area contributed by atoms with Crippen molar-refractivity contribution in [3.63, 3.8) is 0 Å². The van der Waals surface area contributed by atoms with Gasteiger partial charge in [-0.3, -0.25) is 9.59 Å². The molecule has 1 atom stereocenters. The molecule has 1 unspecified atom stereocenters. The normalized spacial score (nSPS) is 17.9. The van der Waals surface area contributed by atoms with Crippen molar-refractivity contribution < 1.29 is 14.3 Å². The van der Waals surface area contributed by atoms with Crippen LogP contribution in [0.2, 0.25) is 0 Å². The predicted molar refractivity (Wildman–Crippen MR) is 119 cm³/mol. The van der Waals surface area contributed by atoms with Gasteiger partial charge in [0.25, 0.3) is 0 Å². The van der Waals surface area contributed by atoms with Crippen molar-refractivity contribution in [3.8, 4) is 5.75 Å². The molecule has 1 aromatic carbocycles. The van der Waals surface area contributed by atoms with Crippen LogP contribution in [0.1, 0.15) is 34.9 Å². The minimum atomic E-state index is -0.145. The zero-order valence-corrected chi connectivity index (χ0v) is 18.2. The Bertz CT molecular complexity index is 934. The molecule has 0 radical (unpaired) electrons. The minimum Gasteiger partial charge on any atom is -0.491 e.